The molecule has 2 heteroatoms. The summed E-state index contributed by atoms with van der Waals surface area (Å²) in [6.45, 7) is 9.03. The number of aryl methyl sites for hydroxylation is 2. The Morgan fingerprint density at radius 3 is 1.65 bits per heavy atom. The number of esters is 1. The van der Waals surface area contributed by atoms with Gasteiger partial charge >= 0.3 is 5.97 Å². The van der Waals surface area contributed by atoms with Crippen LogP contribution < -0.4 is 0 Å². The molecule has 0 aromatic heterocycles. The molecule has 0 saturated carbocycles. The molecule has 0 spiro atoms. The van der Waals surface area contributed by atoms with Crippen LogP contribution in [0.25, 0.3) is 10.8 Å². The van der Waals surface area contributed by atoms with Crippen LogP contribution in [-0.2, 0) is 30.4 Å². The average Bonchev–Trinajstić information content (AvgIpc) is 2.66. The lowest BCUT2D eigenvalue weighted by Crippen LogP contribution is -2.09. The van der Waals surface area contributed by atoms with Crippen LogP contribution in [0.1, 0.15) is 86.0 Å². The number of fused-ring (bicyclic) bond motifs is 1. The Labute approximate surface area is 158 Å². The predicted molar refractivity (Wildman–Crippen MR) is 111 cm³/mol. The summed E-state index contributed by atoms with van der Waals surface area (Å²) in [5, 5.41) is 2.60. The van der Waals surface area contributed by atoms with E-state index in [0.717, 1.165) is 44.9 Å². The molecule has 0 fully saturated rings. The highest BCUT2D eigenvalue weighted by Crippen LogP contribution is 2.35. The zero-order chi connectivity index (χ0) is 19.1. The van der Waals surface area contributed by atoms with Gasteiger partial charge in [-0.1, -0.05) is 59.4 Å². The van der Waals surface area contributed by atoms with Crippen molar-refractivity contribution in [3.63, 3.8) is 0 Å². The summed E-state index contributed by atoms with van der Waals surface area (Å²) in [4.78, 5) is 12.1. The molecule has 2 rings (SSSR count). The van der Waals surface area contributed by atoms with E-state index in [1.54, 1.807) is 11.1 Å². The number of methoxy groups -OCH3 is 1. The van der Waals surface area contributed by atoms with Gasteiger partial charge in [0, 0.05) is 0 Å². The van der Waals surface area contributed by atoms with Crippen molar-refractivity contribution in [2.45, 2.75) is 79.1 Å². The van der Waals surface area contributed by atoms with Crippen molar-refractivity contribution in [2.75, 3.05) is 7.11 Å². The Balaban J connectivity index is 2.88. The van der Waals surface area contributed by atoms with Crippen molar-refractivity contribution in [3.8, 4) is 0 Å². The third-order valence-corrected chi connectivity index (χ3v) is 5.18. The second kappa shape index (κ2) is 9.75. The summed E-state index contributed by atoms with van der Waals surface area (Å²) in [6, 6.07) is 6.15. The van der Waals surface area contributed by atoms with Crippen molar-refractivity contribution in [1.29, 1.82) is 0 Å². The van der Waals surface area contributed by atoms with Gasteiger partial charge in [0.25, 0.3) is 0 Å². The monoisotopic (exact) mass is 354 g/mol. The smallest absolute Gasteiger partial charge is 0.337 e. The topological polar surface area (TPSA) is 26.3 Å². The van der Waals surface area contributed by atoms with Gasteiger partial charge in [0.1, 0.15) is 0 Å². The summed E-state index contributed by atoms with van der Waals surface area (Å²) in [7, 11) is 1.45. The van der Waals surface area contributed by atoms with Gasteiger partial charge in [0.2, 0.25) is 0 Å². The van der Waals surface area contributed by atoms with Crippen LogP contribution in [0.15, 0.2) is 18.2 Å². The van der Waals surface area contributed by atoms with Gasteiger partial charge in [0.05, 0.1) is 12.7 Å². The Bertz CT molecular complexity index is 759. The van der Waals surface area contributed by atoms with E-state index in [1.807, 2.05) is 6.07 Å². The predicted octanol–water partition coefficient (Wildman–Crippen LogP) is 6.44. The average molecular weight is 355 g/mol. The van der Waals surface area contributed by atoms with E-state index in [1.165, 1.54) is 35.4 Å². The van der Waals surface area contributed by atoms with E-state index in [0.29, 0.717) is 5.56 Å². The molecule has 0 aliphatic heterocycles. The van der Waals surface area contributed by atoms with E-state index < -0.39 is 0 Å². The molecule has 0 N–H and O–H groups in total. The molecule has 142 valence electrons. The van der Waals surface area contributed by atoms with Crippen LogP contribution in [0.2, 0.25) is 0 Å². The van der Waals surface area contributed by atoms with Crippen LogP contribution in [0.5, 0.6) is 0 Å². The summed E-state index contributed by atoms with van der Waals surface area (Å²) >= 11 is 0. The molecule has 2 aromatic rings. The Morgan fingerprint density at radius 2 is 1.19 bits per heavy atom. The first kappa shape index (κ1) is 20.5. The molecule has 0 aliphatic rings. The summed E-state index contributed by atoms with van der Waals surface area (Å²) < 4.78 is 4.96. The first-order valence-corrected chi connectivity index (χ1v) is 10.3. The number of hydrogen-bond acceptors (Lipinski definition) is 2. The van der Waals surface area contributed by atoms with E-state index in [9.17, 15) is 4.79 Å². The fourth-order valence-corrected chi connectivity index (χ4v) is 4.17. The van der Waals surface area contributed by atoms with E-state index in [2.05, 4.69) is 39.8 Å². The largest absolute Gasteiger partial charge is 0.465 e. The standard InChI is InChI=1S/C24H34O2/c1-6-10-18-19(11-7-2)21(13-9-4)23-16-17(24(25)26-5)14-15-22(23)20(18)12-8-3/h14-16H,6-13H2,1-5H3. The lowest BCUT2D eigenvalue weighted by molar-refractivity contribution is 0.0601. The first-order chi connectivity index (χ1) is 12.6. The van der Waals surface area contributed by atoms with Crippen LogP contribution in [0, 0.1) is 0 Å². The molecule has 0 amide bonds. The highest BCUT2D eigenvalue weighted by atomic mass is 16.5. The Morgan fingerprint density at radius 1 is 0.731 bits per heavy atom. The normalized spacial score (nSPS) is 11.1. The summed E-state index contributed by atoms with van der Waals surface area (Å²) in [5.41, 5.74) is 6.75. The lowest BCUT2D eigenvalue weighted by atomic mass is 9.82. The number of hydrogen-bond donors (Lipinski definition) is 0. The second-order valence-electron chi connectivity index (χ2n) is 7.17. The zero-order valence-corrected chi connectivity index (χ0v) is 17.2. The molecular formula is C24H34O2. The van der Waals surface area contributed by atoms with Gasteiger partial charge in [-0.15, -0.1) is 0 Å². The van der Waals surface area contributed by atoms with E-state index in [-0.39, 0.29) is 5.97 Å². The van der Waals surface area contributed by atoms with E-state index >= 15 is 0 Å². The zero-order valence-electron chi connectivity index (χ0n) is 17.2. The number of ether oxygens (including phenoxy) is 1. The fraction of sp³-hybridized carbons (Fsp3) is 0.542. The minimum Gasteiger partial charge on any atom is -0.465 e. The number of rotatable bonds is 9. The Hall–Kier alpha value is -1.83. The highest BCUT2D eigenvalue weighted by molar-refractivity contribution is 5.98. The van der Waals surface area contributed by atoms with Crippen molar-refractivity contribution in [3.05, 3.63) is 46.0 Å². The molecule has 0 atom stereocenters. The minimum atomic E-state index is -0.249. The van der Waals surface area contributed by atoms with Crippen molar-refractivity contribution >= 4 is 16.7 Å². The van der Waals surface area contributed by atoms with E-state index in [4.69, 9.17) is 4.74 Å². The summed E-state index contributed by atoms with van der Waals surface area (Å²) in [5.74, 6) is -0.249. The third-order valence-electron chi connectivity index (χ3n) is 5.18. The summed E-state index contributed by atoms with van der Waals surface area (Å²) in [6.07, 6.45) is 9.03. The van der Waals surface area contributed by atoms with Crippen LogP contribution in [0.4, 0.5) is 0 Å². The first-order valence-electron chi connectivity index (χ1n) is 10.3. The minimum absolute atomic E-state index is 0.249. The molecule has 0 unspecified atom stereocenters. The molecule has 2 aromatic carbocycles. The van der Waals surface area contributed by atoms with Gasteiger partial charge in [-0.25, -0.2) is 4.79 Å². The molecule has 26 heavy (non-hydrogen) atoms. The van der Waals surface area contributed by atoms with Crippen molar-refractivity contribution in [1.82, 2.24) is 0 Å². The molecule has 0 saturated heterocycles. The van der Waals surface area contributed by atoms with Crippen molar-refractivity contribution in [2.24, 2.45) is 0 Å². The van der Waals surface area contributed by atoms with Gasteiger partial charge in [-0.2, -0.15) is 0 Å². The number of carbonyl (C=O) groups is 1. The lowest BCUT2D eigenvalue weighted by Gasteiger charge is -2.23. The highest BCUT2D eigenvalue weighted by Gasteiger charge is 2.19. The third kappa shape index (κ3) is 4.11. The molecule has 2 nitrogen and oxygen atoms in total. The number of carbonyl (C=O) groups excluding carboxylic acids is 1. The van der Waals surface area contributed by atoms with Crippen LogP contribution in [-0.4, -0.2) is 13.1 Å². The fourth-order valence-electron chi connectivity index (χ4n) is 4.17. The van der Waals surface area contributed by atoms with Gasteiger partial charge in [-0.3, -0.25) is 0 Å². The van der Waals surface area contributed by atoms with Crippen LogP contribution >= 0.6 is 0 Å². The number of benzene rings is 2. The van der Waals surface area contributed by atoms with Crippen LogP contribution in [0.3, 0.4) is 0 Å². The van der Waals surface area contributed by atoms with Gasteiger partial charge in [-0.05, 0) is 70.8 Å². The Kier molecular flexibility index (Phi) is 7.68. The molecule has 0 heterocycles. The van der Waals surface area contributed by atoms with Gasteiger partial charge in [0.15, 0.2) is 0 Å². The SMILES string of the molecule is CCCc1c(CCC)c(CCC)c2cc(C(=O)OC)ccc2c1CCC. The molecule has 0 radical (unpaired) electrons. The maximum absolute atomic E-state index is 12.1. The second-order valence-corrected chi connectivity index (χ2v) is 7.17. The maximum atomic E-state index is 12.1. The molecule has 0 aliphatic carbocycles. The molecular weight excluding hydrogens is 320 g/mol. The van der Waals surface area contributed by atoms with Gasteiger partial charge < -0.3 is 4.74 Å². The molecule has 0 bridgehead atoms. The maximum Gasteiger partial charge on any atom is 0.337 e. The van der Waals surface area contributed by atoms with Crippen molar-refractivity contribution < 1.29 is 9.53 Å². The quantitative estimate of drug-likeness (QED) is 0.485.